The van der Waals surface area contributed by atoms with Gasteiger partial charge in [-0.05, 0) is 98.0 Å². The van der Waals surface area contributed by atoms with E-state index in [0.29, 0.717) is 46.8 Å². The topological polar surface area (TPSA) is 215 Å². The summed E-state index contributed by atoms with van der Waals surface area (Å²) in [5.74, 6) is 2.24. The van der Waals surface area contributed by atoms with Crippen molar-refractivity contribution in [2.24, 2.45) is 11.8 Å². The number of likely N-dealkylation sites (tertiary alicyclic amines) is 1. The summed E-state index contributed by atoms with van der Waals surface area (Å²) >= 11 is 0. The molecule has 77 heavy (non-hydrogen) atoms. The molecule has 6 heterocycles. The van der Waals surface area contributed by atoms with Gasteiger partial charge in [-0.1, -0.05) is 43.2 Å². The molecular formula is C56H68N12O8S. The Bertz CT molecular complexity index is 3240. The number of anilines is 6. The molecule has 4 aliphatic heterocycles. The number of rotatable bonds is 15. The minimum Gasteiger partial charge on any atom is -0.508 e. The van der Waals surface area contributed by atoms with Gasteiger partial charge in [-0.3, -0.25) is 14.5 Å². The highest BCUT2D eigenvalue weighted by Crippen LogP contribution is 2.43. The van der Waals surface area contributed by atoms with E-state index in [1.165, 1.54) is 23.8 Å². The Morgan fingerprint density at radius 2 is 1.52 bits per heavy atom. The van der Waals surface area contributed by atoms with Gasteiger partial charge < -0.3 is 44.6 Å². The maximum atomic E-state index is 13.9. The third-order valence-electron chi connectivity index (χ3n) is 15.4. The molecule has 2 aromatic heterocycles. The van der Waals surface area contributed by atoms with E-state index >= 15 is 0 Å². The van der Waals surface area contributed by atoms with Crippen LogP contribution in [0.1, 0.15) is 73.9 Å². The van der Waals surface area contributed by atoms with E-state index in [4.69, 9.17) is 9.47 Å². The quantitative estimate of drug-likeness (QED) is 0.0915. The zero-order valence-electron chi connectivity index (χ0n) is 44.6. The molecule has 4 aromatic carbocycles. The highest BCUT2D eigenvalue weighted by Gasteiger charge is 2.36. The Morgan fingerprint density at radius 1 is 0.818 bits per heavy atom. The first-order chi connectivity index (χ1) is 37.1. The molecule has 0 saturated carbocycles. The number of hydrogen-bond acceptors (Lipinski definition) is 16. The number of carbonyl (C=O) groups excluding carboxylic acids is 2. The predicted octanol–water partition coefficient (Wildman–Crippen LogP) is 7.37. The first-order valence-corrected chi connectivity index (χ1v) is 28.3. The number of nitrogens with one attached hydrogen (secondary N) is 1. The summed E-state index contributed by atoms with van der Waals surface area (Å²) in [6.45, 7) is 15.2. The molecule has 0 bridgehead atoms. The van der Waals surface area contributed by atoms with E-state index in [1.807, 2.05) is 57.2 Å². The van der Waals surface area contributed by atoms with Crippen LogP contribution in [0, 0.1) is 11.8 Å². The number of methoxy groups -OCH3 is 1. The van der Waals surface area contributed by atoms with Crippen molar-refractivity contribution in [3.05, 3.63) is 102 Å². The van der Waals surface area contributed by atoms with Crippen molar-refractivity contribution in [1.82, 2.24) is 39.4 Å². The van der Waals surface area contributed by atoms with E-state index in [-0.39, 0.29) is 64.1 Å². The molecule has 20 nitrogen and oxygen atoms in total. The maximum Gasteiger partial charge on any atom is 0.319 e. The number of sulfonamides is 1. The lowest BCUT2D eigenvalue weighted by molar-refractivity contribution is -0.137. The van der Waals surface area contributed by atoms with Gasteiger partial charge in [0.2, 0.25) is 21.9 Å². The van der Waals surface area contributed by atoms with Crippen LogP contribution in [0.3, 0.4) is 0 Å². The van der Waals surface area contributed by atoms with Gasteiger partial charge in [-0.25, -0.2) is 22.3 Å². The van der Waals surface area contributed by atoms with Gasteiger partial charge in [0.1, 0.15) is 22.9 Å². The largest absolute Gasteiger partial charge is 0.508 e. The number of piperazine rings is 1. The highest BCUT2D eigenvalue weighted by molar-refractivity contribution is 7.92. The summed E-state index contributed by atoms with van der Waals surface area (Å²) in [6, 6.07) is 23.7. The van der Waals surface area contributed by atoms with Gasteiger partial charge in [0.15, 0.2) is 11.6 Å². The Kier molecular flexibility index (Phi) is 15.3. The Labute approximate surface area is 449 Å². The minimum atomic E-state index is -3.92. The van der Waals surface area contributed by atoms with Crippen molar-refractivity contribution >= 4 is 56.4 Å². The number of aromatic hydroxyl groups is 2. The van der Waals surface area contributed by atoms with Gasteiger partial charge in [-0.15, -0.1) is 5.10 Å². The molecule has 4 aliphatic rings. The zero-order valence-corrected chi connectivity index (χ0v) is 45.4. The lowest BCUT2D eigenvalue weighted by atomic mass is 9.91. The standard InChI is InChI=1S/C56H68N12O8S/c1-7-76-50-30-41(16-17-45(50)58-55-57-33-47-52(59-55)68(77(6,73)74)46-11-9-8-10-42(46)54(71)62(47)4)65-24-20-39(21-25-65)53(70)66-22-18-38(19-23-66)35-64-28-26-63(27-29-64)34-37-12-14-40(15-13-37)67-51(60-61-56(67)72)44-31-43(36(2)3)48(69)32-49(44)75-5/h8-17,30-33,36,38-39,69H,7,18-29,34-35H2,1-6H3,(H,61,72)(H,57,58,59). The smallest absolute Gasteiger partial charge is 0.319 e. The van der Waals surface area contributed by atoms with Gasteiger partial charge >= 0.3 is 6.01 Å². The molecule has 3 fully saturated rings. The van der Waals surface area contributed by atoms with Crippen molar-refractivity contribution in [3.63, 3.8) is 0 Å². The number of para-hydroxylation sites is 1. The van der Waals surface area contributed by atoms with Crippen LogP contribution < -0.4 is 28.9 Å². The number of piperidine rings is 2. The van der Waals surface area contributed by atoms with Crippen molar-refractivity contribution in [3.8, 4) is 40.3 Å². The second-order valence-electron chi connectivity index (χ2n) is 20.7. The number of ether oxygens (including phenoxy) is 2. The fourth-order valence-corrected chi connectivity index (χ4v) is 12.1. The summed E-state index contributed by atoms with van der Waals surface area (Å²) in [5, 5.41) is 32.9. The minimum absolute atomic E-state index is 0.0159. The number of fused-ring (bicyclic) bond motifs is 2. The number of phenols is 1. The summed E-state index contributed by atoms with van der Waals surface area (Å²) in [5.41, 5.74) is 5.50. The van der Waals surface area contributed by atoms with E-state index in [0.717, 1.165) is 113 Å². The van der Waals surface area contributed by atoms with E-state index in [2.05, 4.69) is 57.2 Å². The molecule has 2 amide bonds. The third kappa shape index (κ3) is 11.1. The first kappa shape index (κ1) is 52.9. The van der Waals surface area contributed by atoms with Crippen molar-refractivity contribution in [2.75, 3.05) is 105 Å². The molecule has 406 valence electrons. The van der Waals surface area contributed by atoms with Crippen LogP contribution in [0.2, 0.25) is 0 Å². The molecule has 0 unspecified atom stereocenters. The lowest BCUT2D eigenvalue weighted by Crippen LogP contribution is -2.49. The van der Waals surface area contributed by atoms with E-state index < -0.39 is 10.0 Å². The van der Waals surface area contributed by atoms with Gasteiger partial charge in [0.25, 0.3) is 5.91 Å². The average Bonchev–Trinajstić information content (AvgIpc) is 3.86. The molecule has 3 N–H and O–H groups in total. The molecule has 21 heteroatoms. The maximum absolute atomic E-state index is 13.9. The van der Waals surface area contributed by atoms with Crippen LogP contribution in [0.25, 0.3) is 17.1 Å². The first-order valence-electron chi connectivity index (χ1n) is 26.5. The number of hydrogen-bond donors (Lipinski definition) is 3. The highest BCUT2D eigenvalue weighted by atomic mass is 32.2. The van der Waals surface area contributed by atoms with Crippen LogP contribution in [0.15, 0.2) is 85.1 Å². The fourth-order valence-electron chi connectivity index (χ4n) is 11.2. The normalized spacial score (nSPS) is 17.1. The van der Waals surface area contributed by atoms with Crippen LogP contribution >= 0.6 is 0 Å². The van der Waals surface area contributed by atoms with Gasteiger partial charge in [0, 0.05) is 96.2 Å². The predicted molar refractivity (Wildman–Crippen MR) is 296 cm³/mol. The molecule has 3 saturated heterocycles. The van der Waals surface area contributed by atoms with Gasteiger partial charge in [0.05, 0.1) is 54.4 Å². The molecule has 0 radical (unpaired) electrons. The van der Waals surface area contributed by atoms with Crippen molar-refractivity contribution < 1.29 is 37.7 Å². The number of carbonyl (C=O) groups is 2. The Hall–Kier alpha value is -7.49. The van der Waals surface area contributed by atoms with E-state index in [9.17, 15) is 28.2 Å². The third-order valence-corrected chi connectivity index (χ3v) is 16.4. The zero-order chi connectivity index (χ0) is 54.1. The summed E-state index contributed by atoms with van der Waals surface area (Å²) in [4.78, 5) is 47.3. The van der Waals surface area contributed by atoms with Crippen LogP contribution in [0.4, 0.5) is 34.5 Å². The number of nitrogens with zero attached hydrogens (tertiary/aromatic N) is 11. The van der Waals surface area contributed by atoms with Crippen LogP contribution in [0.5, 0.6) is 23.3 Å². The number of benzene rings is 4. The Balaban J connectivity index is 0.686. The SMILES string of the molecule is CCOc1cc(N2CCC(C(=O)N3CCC(CN4CCN(Cc5ccc(-n6c(O)nnc6-c6cc(C(C)C)c(O)cc6OC)cc5)CC4)CC3)CC2)ccc1Nc1ncc2c(n1)N(S(C)(=O)=O)c1ccccc1C(=O)N2C. The average molecular weight is 1070 g/mol. The Morgan fingerprint density at radius 3 is 2.21 bits per heavy atom. The number of aromatic nitrogens is 5. The fraction of sp³-hybridized carbons (Fsp3) is 0.429. The van der Waals surface area contributed by atoms with Crippen molar-refractivity contribution in [1.29, 1.82) is 0 Å². The number of amides is 2. The van der Waals surface area contributed by atoms with Crippen LogP contribution in [-0.4, -0.2) is 156 Å². The summed E-state index contributed by atoms with van der Waals surface area (Å²) in [7, 11) is -0.821. The molecule has 10 rings (SSSR count). The second kappa shape index (κ2) is 22.2. The van der Waals surface area contributed by atoms with Crippen molar-refractivity contribution in [2.45, 2.75) is 58.9 Å². The molecule has 0 spiro atoms. The second-order valence-corrected chi connectivity index (χ2v) is 22.6. The molecular weight excluding hydrogens is 1000 g/mol. The van der Waals surface area contributed by atoms with Gasteiger partial charge in [-0.2, -0.15) is 4.98 Å². The number of phenolic OH excluding ortho intramolecular Hbond substituents is 1. The summed E-state index contributed by atoms with van der Waals surface area (Å²) < 4.78 is 40.9. The molecule has 0 aliphatic carbocycles. The molecule has 0 atom stereocenters. The summed E-state index contributed by atoms with van der Waals surface area (Å²) in [6.07, 6.45) is 6.07. The lowest BCUT2D eigenvalue weighted by Gasteiger charge is -2.40. The van der Waals surface area contributed by atoms with E-state index in [1.54, 1.807) is 41.9 Å². The monoisotopic (exact) mass is 1070 g/mol. The van der Waals surface area contributed by atoms with Crippen LogP contribution in [-0.2, 0) is 21.4 Å². The molecule has 6 aromatic rings.